The highest BCUT2D eigenvalue weighted by molar-refractivity contribution is 5.92. The summed E-state index contributed by atoms with van der Waals surface area (Å²) in [4.78, 5) is 14.9. The van der Waals surface area contributed by atoms with E-state index in [1.807, 2.05) is 6.07 Å². The van der Waals surface area contributed by atoms with Crippen molar-refractivity contribution in [2.24, 2.45) is 0 Å². The van der Waals surface area contributed by atoms with Crippen molar-refractivity contribution in [2.45, 2.75) is 37.8 Å². The molecule has 21 heavy (non-hydrogen) atoms. The second-order valence-electron chi connectivity index (χ2n) is 6.08. The molecule has 0 bridgehead atoms. The molecule has 0 N–H and O–H groups in total. The van der Waals surface area contributed by atoms with Crippen molar-refractivity contribution in [3.8, 4) is 0 Å². The van der Waals surface area contributed by atoms with Gasteiger partial charge in [-0.15, -0.1) is 0 Å². The van der Waals surface area contributed by atoms with E-state index in [2.05, 4.69) is 53.4 Å². The molecule has 0 radical (unpaired) electrons. The summed E-state index contributed by atoms with van der Waals surface area (Å²) >= 11 is 0. The second-order valence-corrected chi connectivity index (χ2v) is 6.08. The van der Waals surface area contributed by atoms with Crippen LogP contribution in [0.3, 0.4) is 0 Å². The number of hydrogen-bond acceptors (Lipinski definition) is 2. The minimum Gasteiger partial charge on any atom is -0.363 e. The maximum absolute atomic E-state index is 12.4. The van der Waals surface area contributed by atoms with Crippen LogP contribution in [-0.2, 0) is 11.3 Å². The lowest BCUT2D eigenvalue weighted by atomic mass is 9.81. The molecule has 1 aliphatic heterocycles. The predicted octanol–water partition coefficient (Wildman–Crippen LogP) is 3.91. The molecule has 1 saturated carbocycles. The number of fused-ring (bicyclic) bond motifs is 3. The first-order valence-corrected chi connectivity index (χ1v) is 7.77. The van der Waals surface area contributed by atoms with E-state index in [0.29, 0.717) is 11.8 Å². The van der Waals surface area contributed by atoms with Gasteiger partial charge in [-0.1, -0.05) is 48.5 Å². The fraction of sp³-hybridized carbons (Fsp3) is 0.316. The second kappa shape index (κ2) is 5.03. The molecule has 1 heterocycles. The van der Waals surface area contributed by atoms with E-state index in [-0.39, 0.29) is 5.92 Å². The van der Waals surface area contributed by atoms with Gasteiger partial charge in [0.1, 0.15) is 5.78 Å². The van der Waals surface area contributed by atoms with Crippen molar-refractivity contribution in [3.63, 3.8) is 0 Å². The SMILES string of the molecule is O=C1CCC[C@@H]2[C@H]1c1ccccc1N2Cc1ccccc1. The molecule has 106 valence electrons. The van der Waals surface area contributed by atoms with Crippen LogP contribution in [0.15, 0.2) is 54.6 Å². The Bertz CT molecular complexity index is 664. The zero-order chi connectivity index (χ0) is 14.2. The molecule has 2 heteroatoms. The van der Waals surface area contributed by atoms with E-state index >= 15 is 0 Å². The molecule has 0 unspecified atom stereocenters. The summed E-state index contributed by atoms with van der Waals surface area (Å²) in [6.07, 6.45) is 2.89. The zero-order valence-electron chi connectivity index (χ0n) is 12.0. The van der Waals surface area contributed by atoms with Gasteiger partial charge in [0.2, 0.25) is 0 Å². The van der Waals surface area contributed by atoms with Crippen molar-refractivity contribution in [3.05, 3.63) is 65.7 Å². The Kier molecular flexibility index (Phi) is 3.03. The van der Waals surface area contributed by atoms with Gasteiger partial charge >= 0.3 is 0 Å². The van der Waals surface area contributed by atoms with Gasteiger partial charge in [0, 0.05) is 24.7 Å². The lowest BCUT2D eigenvalue weighted by Crippen LogP contribution is -2.39. The summed E-state index contributed by atoms with van der Waals surface area (Å²) in [5.74, 6) is 0.521. The number of Topliss-reactive ketones (excluding diaryl/α,β-unsaturated/α-hetero) is 1. The molecule has 0 aromatic heterocycles. The summed E-state index contributed by atoms with van der Waals surface area (Å²) in [6.45, 7) is 0.895. The van der Waals surface area contributed by atoms with Crippen LogP contribution in [0, 0.1) is 0 Å². The lowest BCUT2D eigenvalue weighted by Gasteiger charge is -2.33. The number of benzene rings is 2. The summed E-state index contributed by atoms with van der Waals surface area (Å²) in [6, 6.07) is 19.4. The Labute approximate surface area is 125 Å². The van der Waals surface area contributed by atoms with E-state index in [0.717, 1.165) is 25.8 Å². The summed E-state index contributed by atoms with van der Waals surface area (Å²) in [7, 11) is 0. The van der Waals surface area contributed by atoms with Crippen molar-refractivity contribution in [2.75, 3.05) is 4.90 Å². The monoisotopic (exact) mass is 277 g/mol. The Morgan fingerprint density at radius 1 is 1.00 bits per heavy atom. The highest BCUT2D eigenvalue weighted by Crippen LogP contribution is 2.46. The molecule has 2 nitrogen and oxygen atoms in total. The molecular weight excluding hydrogens is 258 g/mol. The van der Waals surface area contributed by atoms with Crippen molar-refractivity contribution in [1.82, 2.24) is 0 Å². The van der Waals surface area contributed by atoms with E-state index in [1.165, 1.54) is 16.8 Å². The molecular formula is C19H19NO. The molecule has 1 aliphatic carbocycles. The van der Waals surface area contributed by atoms with Gasteiger partial charge in [-0.05, 0) is 30.0 Å². The van der Waals surface area contributed by atoms with Crippen LogP contribution in [-0.4, -0.2) is 11.8 Å². The fourth-order valence-electron chi connectivity index (χ4n) is 3.91. The third-order valence-corrected chi connectivity index (χ3v) is 4.83. The van der Waals surface area contributed by atoms with Gasteiger partial charge in [-0.2, -0.15) is 0 Å². The molecule has 0 saturated heterocycles. The maximum atomic E-state index is 12.4. The average Bonchev–Trinajstić information content (AvgIpc) is 2.84. The number of ketones is 1. The number of rotatable bonds is 2. The molecule has 1 fully saturated rings. The number of nitrogens with zero attached hydrogens (tertiary/aromatic N) is 1. The highest BCUT2D eigenvalue weighted by Gasteiger charge is 2.43. The Hall–Kier alpha value is -2.09. The van der Waals surface area contributed by atoms with Crippen LogP contribution in [0.4, 0.5) is 5.69 Å². The third kappa shape index (κ3) is 2.06. The van der Waals surface area contributed by atoms with Gasteiger partial charge < -0.3 is 4.90 Å². The van der Waals surface area contributed by atoms with Gasteiger partial charge in [0.15, 0.2) is 0 Å². The molecule has 2 aromatic carbocycles. The van der Waals surface area contributed by atoms with Crippen LogP contribution >= 0.6 is 0 Å². The maximum Gasteiger partial charge on any atom is 0.142 e. The molecule has 0 amide bonds. The first-order valence-electron chi connectivity index (χ1n) is 7.77. The normalized spacial score (nSPS) is 23.8. The lowest BCUT2D eigenvalue weighted by molar-refractivity contribution is -0.122. The van der Waals surface area contributed by atoms with Gasteiger partial charge in [0.25, 0.3) is 0 Å². The quantitative estimate of drug-likeness (QED) is 0.829. The van der Waals surface area contributed by atoms with Crippen LogP contribution in [0.1, 0.15) is 36.3 Å². The summed E-state index contributed by atoms with van der Waals surface area (Å²) in [5.41, 5.74) is 3.81. The third-order valence-electron chi connectivity index (χ3n) is 4.83. The first kappa shape index (κ1) is 12.6. The minimum absolute atomic E-state index is 0.0960. The summed E-state index contributed by atoms with van der Waals surface area (Å²) in [5, 5.41) is 0. The molecule has 2 aromatic rings. The number of anilines is 1. The Morgan fingerprint density at radius 2 is 1.76 bits per heavy atom. The number of hydrogen-bond donors (Lipinski definition) is 0. The van der Waals surface area contributed by atoms with Crippen molar-refractivity contribution < 1.29 is 4.79 Å². The molecule has 2 aliphatic rings. The van der Waals surface area contributed by atoms with Crippen molar-refractivity contribution >= 4 is 11.5 Å². The van der Waals surface area contributed by atoms with Gasteiger partial charge in [0.05, 0.1) is 5.92 Å². The number of para-hydroxylation sites is 1. The smallest absolute Gasteiger partial charge is 0.142 e. The molecule has 0 spiro atoms. The largest absolute Gasteiger partial charge is 0.363 e. The molecule has 2 atom stereocenters. The number of carbonyl (C=O) groups excluding carboxylic acids is 1. The standard InChI is InChI=1S/C19H19NO/c21-18-12-6-11-17-19(18)15-9-4-5-10-16(15)20(17)13-14-7-2-1-3-8-14/h1-5,7-10,17,19H,6,11-13H2/t17-,19-/m1/s1. The number of carbonyl (C=O) groups is 1. The van der Waals surface area contributed by atoms with Gasteiger partial charge in [-0.3, -0.25) is 4.79 Å². The van der Waals surface area contributed by atoms with E-state index in [4.69, 9.17) is 0 Å². The Balaban J connectivity index is 1.74. The fourth-order valence-corrected chi connectivity index (χ4v) is 3.91. The van der Waals surface area contributed by atoms with Crippen molar-refractivity contribution in [1.29, 1.82) is 0 Å². The Morgan fingerprint density at radius 3 is 2.62 bits per heavy atom. The van der Waals surface area contributed by atoms with Crippen LogP contribution in [0.25, 0.3) is 0 Å². The highest BCUT2D eigenvalue weighted by atomic mass is 16.1. The van der Waals surface area contributed by atoms with Gasteiger partial charge in [-0.25, -0.2) is 0 Å². The molecule has 4 rings (SSSR count). The van der Waals surface area contributed by atoms with E-state index < -0.39 is 0 Å². The predicted molar refractivity (Wildman–Crippen MR) is 84.5 cm³/mol. The minimum atomic E-state index is 0.0960. The van der Waals surface area contributed by atoms with E-state index in [1.54, 1.807) is 0 Å². The van der Waals surface area contributed by atoms with E-state index in [9.17, 15) is 4.79 Å². The average molecular weight is 277 g/mol. The zero-order valence-corrected chi connectivity index (χ0v) is 12.0. The summed E-state index contributed by atoms with van der Waals surface area (Å²) < 4.78 is 0. The topological polar surface area (TPSA) is 20.3 Å². The first-order chi connectivity index (χ1) is 10.3. The van der Waals surface area contributed by atoms with Crippen LogP contribution < -0.4 is 4.90 Å². The van der Waals surface area contributed by atoms with Crippen LogP contribution in [0.2, 0.25) is 0 Å². The van der Waals surface area contributed by atoms with Crippen LogP contribution in [0.5, 0.6) is 0 Å².